The van der Waals surface area contributed by atoms with Crippen LogP contribution in [0.4, 0.5) is 0 Å². The van der Waals surface area contributed by atoms with Gasteiger partial charge >= 0.3 is 0 Å². The lowest BCUT2D eigenvalue weighted by Crippen LogP contribution is -2.35. The van der Waals surface area contributed by atoms with E-state index in [1.54, 1.807) is 0 Å². The number of unbranched alkanes of at least 4 members (excludes halogenated alkanes) is 1. The van der Waals surface area contributed by atoms with Crippen molar-refractivity contribution in [2.75, 3.05) is 13.2 Å². The van der Waals surface area contributed by atoms with Crippen LogP contribution in [0.3, 0.4) is 0 Å². The molecule has 0 spiro atoms. The van der Waals surface area contributed by atoms with Gasteiger partial charge in [0, 0.05) is 24.3 Å². The van der Waals surface area contributed by atoms with Gasteiger partial charge in [0.2, 0.25) is 0 Å². The van der Waals surface area contributed by atoms with E-state index in [1.165, 1.54) is 5.56 Å². The highest BCUT2D eigenvalue weighted by Gasteiger charge is 2.12. The third-order valence-electron chi connectivity index (χ3n) is 2.90. The first-order chi connectivity index (χ1) is 8.94. The minimum absolute atomic E-state index is 0.0951. The van der Waals surface area contributed by atoms with Crippen LogP contribution in [-0.2, 0) is 6.54 Å². The van der Waals surface area contributed by atoms with Gasteiger partial charge in [-0.3, -0.25) is 0 Å². The molecular formula is C16H27NO2. The summed E-state index contributed by atoms with van der Waals surface area (Å²) in [5, 5.41) is 12.3. The van der Waals surface area contributed by atoms with E-state index in [2.05, 4.69) is 51.2 Å². The van der Waals surface area contributed by atoms with Gasteiger partial charge in [-0.15, -0.1) is 0 Å². The lowest BCUT2D eigenvalue weighted by atomic mass is 10.1. The van der Waals surface area contributed by atoms with Gasteiger partial charge in [0.15, 0.2) is 0 Å². The summed E-state index contributed by atoms with van der Waals surface area (Å²) in [7, 11) is 0. The van der Waals surface area contributed by atoms with E-state index in [-0.39, 0.29) is 12.1 Å². The molecule has 0 aliphatic rings. The van der Waals surface area contributed by atoms with E-state index >= 15 is 0 Å². The Bertz CT molecular complexity index is 383. The van der Waals surface area contributed by atoms with E-state index in [0.717, 1.165) is 30.7 Å². The number of aliphatic hydroxyl groups is 1. The zero-order valence-electron chi connectivity index (χ0n) is 12.6. The van der Waals surface area contributed by atoms with Crippen LogP contribution in [0.5, 0.6) is 5.75 Å². The minimum atomic E-state index is 0.0951. The van der Waals surface area contributed by atoms with Crippen molar-refractivity contribution in [1.29, 1.82) is 0 Å². The van der Waals surface area contributed by atoms with Crippen molar-refractivity contribution in [2.45, 2.75) is 52.6 Å². The van der Waals surface area contributed by atoms with Crippen molar-refractivity contribution in [3.05, 3.63) is 29.3 Å². The topological polar surface area (TPSA) is 41.5 Å². The predicted octanol–water partition coefficient (Wildman–Crippen LogP) is 3.03. The Labute approximate surface area is 117 Å². The fraction of sp³-hybridized carbons (Fsp3) is 0.625. The Morgan fingerprint density at radius 1 is 1.21 bits per heavy atom. The van der Waals surface area contributed by atoms with Crippen molar-refractivity contribution in [3.8, 4) is 5.75 Å². The average Bonchev–Trinajstić information content (AvgIpc) is 2.33. The van der Waals surface area contributed by atoms with E-state index in [4.69, 9.17) is 9.84 Å². The highest BCUT2D eigenvalue weighted by atomic mass is 16.5. The van der Waals surface area contributed by atoms with E-state index in [0.29, 0.717) is 6.61 Å². The smallest absolute Gasteiger partial charge is 0.126 e. The average molecular weight is 265 g/mol. The summed E-state index contributed by atoms with van der Waals surface area (Å²) in [6.07, 6.45) is 1.68. The van der Waals surface area contributed by atoms with Crippen molar-refractivity contribution >= 4 is 0 Å². The number of aryl methyl sites for hydroxylation is 1. The van der Waals surface area contributed by atoms with Gasteiger partial charge in [-0.1, -0.05) is 18.2 Å². The molecule has 3 nitrogen and oxygen atoms in total. The highest BCUT2D eigenvalue weighted by Crippen LogP contribution is 2.24. The minimum Gasteiger partial charge on any atom is -0.493 e. The molecule has 0 heterocycles. The Morgan fingerprint density at radius 2 is 1.95 bits per heavy atom. The van der Waals surface area contributed by atoms with Crippen molar-refractivity contribution in [2.24, 2.45) is 0 Å². The molecule has 0 bridgehead atoms. The van der Waals surface area contributed by atoms with Crippen LogP contribution >= 0.6 is 0 Å². The number of ether oxygens (including phenoxy) is 1. The number of benzene rings is 1. The molecule has 0 unspecified atom stereocenters. The molecule has 0 amide bonds. The van der Waals surface area contributed by atoms with Crippen LogP contribution in [0.2, 0.25) is 0 Å². The number of nitrogens with one attached hydrogen (secondary N) is 1. The zero-order valence-corrected chi connectivity index (χ0v) is 12.6. The zero-order chi connectivity index (χ0) is 14.3. The molecule has 1 aromatic carbocycles. The van der Waals surface area contributed by atoms with E-state index in [9.17, 15) is 0 Å². The van der Waals surface area contributed by atoms with Gasteiger partial charge in [0.1, 0.15) is 5.75 Å². The maximum atomic E-state index is 8.78. The molecule has 0 saturated carbocycles. The van der Waals surface area contributed by atoms with Crippen molar-refractivity contribution in [1.82, 2.24) is 5.32 Å². The number of rotatable bonds is 7. The monoisotopic (exact) mass is 265 g/mol. The third-order valence-corrected chi connectivity index (χ3v) is 2.90. The number of hydrogen-bond acceptors (Lipinski definition) is 3. The van der Waals surface area contributed by atoms with Gasteiger partial charge in [0.05, 0.1) is 6.61 Å². The molecule has 3 heteroatoms. The van der Waals surface area contributed by atoms with Crippen LogP contribution in [0.15, 0.2) is 18.2 Å². The molecule has 0 fully saturated rings. The first-order valence-corrected chi connectivity index (χ1v) is 7.01. The fourth-order valence-electron chi connectivity index (χ4n) is 1.81. The number of aliphatic hydroxyl groups excluding tert-OH is 1. The summed E-state index contributed by atoms with van der Waals surface area (Å²) >= 11 is 0. The molecule has 2 N–H and O–H groups in total. The second-order valence-electron chi connectivity index (χ2n) is 5.95. The van der Waals surface area contributed by atoms with Crippen molar-refractivity contribution < 1.29 is 9.84 Å². The Kier molecular flexibility index (Phi) is 6.32. The second-order valence-corrected chi connectivity index (χ2v) is 5.95. The molecule has 0 radical (unpaired) electrons. The SMILES string of the molecule is Cc1cccc(CNC(C)(C)C)c1OCCCCO. The molecule has 0 aliphatic heterocycles. The first-order valence-electron chi connectivity index (χ1n) is 7.01. The summed E-state index contributed by atoms with van der Waals surface area (Å²) in [4.78, 5) is 0. The van der Waals surface area contributed by atoms with Gasteiger partial charge in [-0.2, -0.15) is 0 Å². The third kappa shape index (κ3) is 6.08. The molecule has 19 heavy (non-hydrogen) atoms. The lowest BCUT2D eigenvalue weighted by Gasteiger charge is -2.22. The van der Waals surface area contributed by atoms with Gasteiger partial charge < -0.3 is 15.2 Å². The van der Waals surface area contributed by atoms with E-state index in [1.807, 2.05) is 0 Å². The molecule has 0 aromatic heterocycles. The molecule has 108 valence electrons. The van der Waals surface area contributed by atoms with Gasteiger partial charge in [-0.25, -0.2) is 0 Å². The Balaban J connectivity index is 2.66. The standard InChI is InChI=1S/C16H27NO2/c1-13-8-7-9-14(12-17-16(2,3)4)15(13)19-11-6-5-10-18/h7-9,17-18H,5-6,10-12H2,1-4H3. The quantitative estimate of drug-likeness (QED) is 0.745. The van der Waals surface area contributed by atoms with Crippen LogP contribution in [0.1, 0.15) is 44.7 Å². The number of hydrogen-bond donors (Lipinski definition) is 2. The predicted molar refractivity (Wildman–Crippen MR) is 79.6 cm³/mol. The highest BCUT2D eigenvalue weighted by molar-refractivity contribution is 5.40. The molecule has 0 aliphatic carbocycles. The normalized spacial score (nSPS) is 11.6. The number of para-hydroxylation sites is 1. The molecular weight excluding hydrogens is 238 g/mol. The Hall–Kier alpha value is -1.06. The van der Waals surface area contributed by atoms with Crippen LogP contribution in [0, 0.1) is 6.92 Å². The van der Waals surface area contributed by atoms with E-state index < -0.39 is 0 Å². The first kappa shape index (κ1) is 16.0. The van der Waals surface area contributed by atoms with Gasteiger partial charge in [0.25, 0.3) is 0 Å². The van der Waals surface area contributed by atoms with Gasteiger partial charge in [-0.05, 0) is 46.1 Å². The summed E-state index contributed by atoms with van der Waals surface area (Å²) in [6.45, 7) is 10.2. The summed E-state index contributed by atoms with van der Waals surface area (Å²) < 4.78 is 5.88. The van der Waals surface area contributed by atoms with Crippen molar-refractivity contribution in [3.63, 3.8) is 0 Å². The van der Waals surface area contributed by atoms with Crippen LogP contribution in [0.25, 0.3) is 0 Å². The summed E-state index contributed by atoms with van der Waals surface area (Å²) in [6, 6.07) is 6.24. The largest absolute Gasteiger partial charge is 0.493 e. The maximum absolute atomic E-state index is 8.78. The molecule has 1 rings (SSSR count). The molecule has 1 aromatic rings. The lowest BCUT2D eigenvalue weighted by molar-refractivity contribution is 0.251. The summed E-state index contributed by atoms with van der Waals surface area (Å²) in [5.74, 6) is 0.984. The second kappa shape index (κ2) is 7.51. The Morgan fingerprint density at radius 3 is 2.58 bits per heavy atom. The fourth-order valence-corrected chi connectivity index (χ4v) is 1.81. The summed E-state index contributed by atoms with van der Waals surface area (Å²) in [5.41, 5.74) is 2.45. The molecule has 0 atom stereocenters. The maximum Gasteiger partial charge on any atom is 0.126 e. The van der Waals surface area contributed by atoms with Crippen LogP contribution in [-0.4, -0.2) is 23.9 Å². The molecule has 0 saturated heterocycles. The van der Waals surface area contributed by atoms with Crippen LogP contribution < -0.4 is 10.1 Å².